The largest absolute Gasteiger partial charge is 0.492 e. The molecule has 0 unspecified atom stereocenters. The van der Waals surface area contributed by atoms with Crippen LogP contribution in [0, 0.1) is 11.3 Å². The lowest BCUT2D eigenvalue weighted by molar-refractivity contribution is 0.142. The Bertz CT molecular complexity index is 444. The van der Waals surface area contributed by atoms with Gasteiger partial charge in [0.05, 0.1) is 11.6 Å². The van der Waals surface area contributed by atoms with Crippen molar-refractivity contribution in [3.8, 4) is 11.8 Å². The highest BCUT2D eigenvalue weighted by Gasteiger charge is 2.12. The number of nitrogens with zero attached hydrogens (tertiary/aromatic N) is 2. The highest BCUT2D eigenvalue weighted by Crippen LogP contribution is 2.21. The van der Waals surface area contributed by atoms with Crippen LogP contribution in [0.25, 0.3) is 0 Å². The summed E-state index contributed by atoms with van der Waals surface area (Å²) in [6.45, 7) is 10.3. The van der Waals surface area contributed by atoms with Crippen LogP contribution in [0.5, 0.6) is 5.75 Å². The fourth-order valence-corrected chi connectivity index (χ4v) is 2.56. The van der Waals surface area contributed by atoms with E-state index >= 15 is 0 Å². The van der Waals surface area contributed by atoms with Crippen molar-refractivity contribution in [3.05, 3.63) is 28.2 Å². The quantitative estimate of drug-likeness (QED) is 0.798. The lowest BCUT2D eigenvalue weighted by atomic mass is 10.2. The zero-order valence-electron chi connectivity index (χ0n) is 12.0. The standard InChI is InChI=1S/C15H21BrN2O/c1-11(2)18(12(3)4)5-6-19-15-8-13(10-17)7-14(16)9-15/h7-9,11-12H,5-6H2,1-4H3. The zero-order valence-corrected chi connectivity index (χ0v) is 13.6. The van der Waals surface area contributed by atoms with E-state index in [2.05, 4.69) is 54.6 Å². The minimum Gasteiger partial charge on any atom is -0.492 e. The van der Waals surface area contributed by atoms with Crippen molar-refractivity contribution in [2.24, 2.45) is 0 Å². The second-order valence-electron chi connectivity index (χ2n) is 5.06. The molecular formula is C15H21BrN2O. The van der Waals surface area contributed by atoms with Crippen LogP contribution in [0.2, 0.25) is 0 Å². The number of rotatable bonds is 6. The summed E-state index contributed by atoms with van der Waals surface area (Å²) in [4.78, 5) is 2.38. The molecule has 0 amide bonds. The van der Waals surface area contributed by atoms with Crippen molar-refractivity contribution >= 4 is 15.9 Å². The summed E-state index contributed by atoms with van der Waals surface area (Å²) >= 11 is 3.38. The molecule has 3 nitrogen and oxygen atoms in total. The second kappa shape index (κ2) is 7.52. The van der Waals surface area contributed by atoms with Crippen LogP contribution >= 0.6 is 15.9 Å². The van der Waals surface area contributed by atoms with Crippen LogP contribution in [0.15, 0.2) is 22.7 Å². The molecule has 19 heavy (non-hydrogen) atoms. The number of halogens is 1. The van der Waals surface area contributed by atoms with Gasteiger partial charge in [-0.25, -0.2) is 0 Å². The van der Waals surface area contributed by atoms with E-state index < -0.39 is 0 Å². The van der Waals surface area contributed by atoms with E-state index in [0.717, 1.165) is 16.8 Å². The smallest absolute Gasteiger partial charge is 0.121 e. The first kappa shape index (κ1) is 16.0. The molecule has 0 aliphatic rings. The van der Waals surface area contributed by atoms with Gasteiger partial charge < -0.3 is 4.74 Å². The lowest BCUT2D eigenvalue weighted by Gasteiger charge is -2.30. The lowest BCUT2D eigenvalue weighted by Crippen LogP contribution is -2.39. The number of benzene rings is 1. The highest BCUT2D eigenvalue weighted by atomic mass is 79.9. The Morgan fingerprint density at radius 2 is 1.84 bits per heavy atom. The van der Waals surface area contributed by atoms with Crippen molar-refractivity contribution in [3.63, 3.8) is 0 Å². The Morgan fingerprint density at radius 3 is 2.37 bits per heavy atom. The molecular weight excluding hydrogens is 304 g/mol. The molecule has 0 bridgehead atoms. The van der Waals surface area contributed by atoms with Crippen molar-refractivity contribution in [2.75, 3.05) is 13.2 Å². The molecule has 1 aromatic rings. The van der Waals surface area contributed by atoms with Gasteiger partial charge in [-0.2, -0.15) is 5.26 Å². The van der Waals surface area contributed by atoms with Crippen molar-refractivity contribution < 1.29 is 4.74 Å². The summed E-state index contributed by atoms with van der Waals surface area (Å²) < 4.78 is 6.60. The minimum absolute atomic E-state index is 0.501. The first-order valence-corrected chi connectivity index (χ1v) is 7.32. The molecule has 4 heteroatoms. The molecule has 0 atom stereocenters. The van der Waals surface area contributed by atoms with E-state index in [-0.39, 0.29) is 0 Å². The summed E-state index contributed by atoms with van der Waals surface area (Å²) in [5, 5.41) is 8.91. The molecule has 0 aromatic heterocycles. The van der Waals surface area contributed by atoms with Crippen LogP contribution in [0.3, 0.4) is 0 Å². The Kier molecular flexibility index (Phi) is 6.33. The summed E-state index contributed by atoms with van der Waals surface area (Å²) in [5.41, 5.74) is 0.606. The average Bonchev–Trinajstić information content (AvgIpc) is 2.32. The van der Waals surface area contributed by atoms with Crippen molar-refractivity contribution in [2.45, 2.75) is 39.8 Å². The third-order valence-corrected chi connectivity index (χ3v) is 3.40. The topological polar surface area (TPSA) is 36.3 Å². The summed E-state index contributed by atoms with van der Waals surface area (Å²) in [5.74, 6) is 0.735. The van der Waals surface area contributed by atoms with Crippen LogP contribution in [0.4, 0.5) is 0 Å². The fourth-order valence-electron chi connectivity index (χ4n) is 2.09. The summed E-state index contributed by atoms with van der Waals surface area (Å²) in [7, 11) is 0. The molecule has 104 valence electrons. The number of hydrogen-bond donors (Lipinski definition) is 0. The van der Waals surface area contributed by atoms with Gasteiger partial charge in [-0.3, -0.25) is 4.90 Å². The molecule has 0 aliphatic heterocycles. The van der Waals surface area contributed by atoms with Gasteiger partial charge in [0.1, 0.15) is 12.4 Å². The minimum atomic E-state index is 0.501. The summed E-state index contributed by atoms with van der Waals surface area (Å²) in [6.07, 6.45) is 0. The van der Waals surface area contributed by atoms with E-state index in [0.29, 0.717) is 24.3 Å². The van der Waals surface area contributed by atoms with Gasteiger partial charge in [0, 0.05) is 23.1 Å². The maximum absolute atomic E-state index is 8.91. The van der Waals surface area contributed by atoms with Crippen LogP contribution in [-0.4, -0.2) is 30.1 Å². The third-order valence-electron chi connectivity index (χ3n) is 2.95. The molecule has 0 N–H and O–H groups in total. The maximum atomic E-state index is 8.91. The van der Waals surface area contributed by atoms with E-state index in [1.165, 1.54) is 0 Å². The third kappa shape index (κ3) is 5.22. The van der Waals surface area contributed by atoms with Gasteiger partial charge >= 0.3 is 0 Å². The molecule has 0 spiro atoms. The number of nitriles is 1. The Balaban J connectivity index is 2.58. The van der Waals surface area contributed by atoms with E-state index in [4.69, 9.17) is 10.00 Å². The first-order valence-electron chi connectivity index (χ1n) is 6.53. The Morgan fingerprint density at radius 1 is 1.21 bits per heavy atom. The maximum Gasteiger partial charge on any atom is 0.121 e. The van der Waals surface area contributed by atoms with Gasteiger partial charge in [-0.1, -0.05) is 15.9 Å². The molecule has 1 rings (SSSR count). The van der Waals surface area contributed by atoms with E-state index in [1.807, 2.05) is 6.07 Å². The normalized spacial score (nSPS) is 11.1. The predicted molar refractivity (Wildman–Crippen MR) is 81.3 cm³/mol. The van der Waals surface area contributed by atoms with Gasteiger partial charge in [0.15, 0.2) is 0 Å². The second-order valence-corrected chi connectivity index (χ2v) is 5.98. The number of ether oxygens (including phenoxy) is 1. The molecule has 1 aromatic carbocycles. The highest BCUT2D eigenvalue weighted by molar-refractivity contribution is 9.10. The van der Waals surface area contributed by atoms with Gasteiger partial charge in [0.2, 0.25) is 0 Å². The summed E-state index contributed by atoms with van der Waals surface area (Å²) in [6, 6.07) is 8.55. The molecule has 0 heterocycles. The molecule has 0 fully saturated rings. The SMILES string of the molecule is CC(C)N(CCOc1cc(Br)cc(C#N)c1)C(C)C. The van der Waals surface area contributed by atoms with Gasteiger partial charge in [-0.05, 0) is 45.9 Å². The monoisotopic (exact) mass is 324 g/mol. The zero-order chi connectivity index (χ0) is 14.4. The molecule has 0 radical (unpaired) electrons. The van der Waals surface area contributed by atoms with E-state index in [9.17, 15) is 0 Å². The van der Waals surface area contributed by atoms with Crippen molar-refractivity contribution in [1.29, 1.82) is 5.26 Å². The number of hydrogen-bond acceptors (Lipinski definition) is 3. The van der Waals surface area contributed by atoms with Crippen LogP contribution < -0.4 is 4.74 Å². The molecule has 0 aliphatic carbocycles. The Hall–Kier alpha value is -1.05. The average molecular weight is 325 g/mol. The predicted octanol–water partition coefficient (Wildman–Crippen LogP) is 3.82. The van der Waals surface area contributed by atoms with Crippen LogP contribution in [0.1, 0.15) is 33.3 Å². The Labute approximate surface area is 124 Å². The van der Waals surface area contributed by atoms with E-state index in [1.54, 1.807) is 12.1 Å². The van der Waals surface area contributed by atoms with Gasteiger partial charge in [0.25, 0.3) is 0 Å². The fraction of sp³-hybridized carbons (Fsp3) is 0.533. The first-order chi connectivity index (χ1) is 8.93. The van der Waals surface area contributed by atoms with Crippen LogP contribution in [-0.2, 0) is 0 Å². The molecule has 0 saturated heterocycles. The van der Waals surface area contributed by atoms with Gasteiger partial charge in [-0.15, -0.1) is 0 Å². The molecule has 0 saturated carbocycles. The van der Waals surface area contributed by atoms with Crippen molar-refractivity contribution in [1.82, 2.24) is 4.90 Å².